The van der Waals surface area contributed by atoms with E-state index in [9.17, 15) is 4.79 Å². The molecule has 4 heteroatoms. The number of ether oxygens (including phenoxy) is 1. The Labute approximate surface area is 105 Å². The Bertz CT molecular complexity index is 518. The van der Waals surface area contributed by atoms with Gasteiger partial charge in [0.05, 0.1) is 13.0 Å². The van der Waals surface area contributed by atoms with Gasteiger partial charge in [-0.3, -0.25) is 4.79 Å². The topological polar surface area (TPSA) is 58.9 Å². The molecule has 1 heterocycles. The van der Waals surface area contributed by atoms with Gasteiger partial charge in [-0.25, -0.2) is 4.99 Å². The molecule has 3 rings (SSSR count). The minimum Gasteiger partial charge on any atom is -0.481 e. The van der Waals surface area contributed by atoms with E-state index in [0.717, 1.165) is 24.0 Å². The molecule has 0 saturated heterocycles. The maximum atomic E-state index is 10.9. The lowest BCUT2D eigenvalue weighted by Crippen LogP contribution is -2.14. The van der Waals surface area contributed by atoms with Crippen LogP contribution in [0.4, 0.5) is 0 Å². The SMILES string of the molecule is O=C(O)CC1(c2cccc(C3=NCCO3)c2)CC1. The number of benzene rings is 1. The largest absolute Gasteiger partial charge is 0.481 e. The lowest BCUT2D eigenvalue weighted by atomic mass is 9.91. The molecule has 0 radical (unpaired) electrons. The quantitative estimate of drug-likeness (QED) is 0.882. The second-order valence-corrected chi connectivity index (χ2v) is 4.97. The Kier molecular flexibility index (Phi) is 2.58. The predicted octanol–water partition coefficient (Wildman–Crippen LogP) is 1.97. The molecular formula is C14H15NO3. The van der Waals surface area contributed by atoms with Crippen LogP contribution in [0.2, 0.25) is 0 Å². The number of hydrogen-bond donors (Lipinski definition) is 1. The van der Waals surface area contributed by atoms with Crippen molar-refractivity contribution in [3.8, 4) is 0 Å². The average molecular weight is 245 g/mol. The Hall–Kier alpha value is -1.84. The summed E-state index contributed by atoms with van der Waals surface area (Å²) in [6.45, 7) is 1.35. The molecule has 0 bridgehead atoms. The molecule has 1 aromatic carbocycles. The van der Waals surface area contributed by atoms with E-state index in [0.29, 0.717) is 19.0 Å². The number of hydrogen-bond acceptors (Lipinski definition) is 3. The van der Waals surface area contributed by atoms with Crippen LogP contribution < -0.4 is 0 Å². The molecule has 1 fully saturated rings. The number of nitrogens with zero attached hydrogens (tertiary/aromatic N) is 1. The van der Waals surface area contributed by atoms with Crippen molar-refractivity contribution in [3.63, 3.8) is 0 Å². The molecule has 2 aliphatic rings. The average Bonchev–Trinajstić information content (AvgIpc) is 2.93. The van der Waals surface area contributed by atoms with Gasteiger partial charge in [0.2, 0.25) is 5.90 Å². The van der Waals surface area contributed by atoms with E-state index in [4.69, 9.17) is 9.84 Å². The number of aliphatic imine (C=N–C) groups is 1. The summed E-state index contributed by atoms with van der Waals surface area (Å²) in [5.74, 6) is -0.0460. The van der Waals surface area contributed by atoms with Gasteiger partial charge in [-0.1, -0.05) is 12.1 Å². The highest BCUT2D eigenvalue weighted by atomic mass is 16.5. The first-order chi connectivity index (χ1) is 8.70. The highest BCUT2D eigenvalue weighted by molar-refractivity contribution is 5.95. The molecule has 0 spiro atoms. The van der Waals surface area contributed by atoms with Crippen molar-refractivity contribution in [2.45, 2.75) is 24.7 Å². The van der Waals surface area contributed by atoms with E-state index >= 15 is 0 Å². The highest BCUT2D eigenvalue weighted by Crippen LogP contribution is 2.51. The monoisotopic (exact) mass is 245 g/mol. The maximum absolute atomic E-state index is 10.9. The summed E-state index contributed by atoms with van der Waals surface area (Å²) < 4.78 is 5.44. The molecule has 1 aliphatic carbocycles. The van der Waals surface area contributed by atoms with Crippen LogP contribution in [0.3, 0.4) is 0 Å². The first-order valence-electron chi connectivity index (χ1n) is 6.20. The molecule has 0 atom stereocenters. The van der Waals surface area contributed by atoms with Crippen LogP contribution in [0.25, 0.3) is 0 Å². The van der Waals surface area contributed by atoms with Gasteiger partial charge in [-0.2, -0.15) is 0 Å². The fourth-order valence-corrected chi connectivity index (χ4v) is 2.50. The first-order valence-corrected chi connectivity index (χ1v) is 6.20. The smallest absolute Gasteiger partial charge is 0.304 e. The minimum atomic E-state index is -0.729. The molecule has 0 unspecified atom stereocenters. The molecule has 1 N–H and O–H groups in total. The van der Waals surface area contributed by atoms with Gasteiger partial charge in [0, 0.05) is 11.0 Å². The van der Waals surface area contributed by atoms with Crippen LogP contribution in [0.1, 0.15) is 30.4 Å². The molecule has 4 nitrogen and oxygen atoms in total. The van der Waals surface area contributed by atoms with Crippen molar-refractivity contribution in [2.75, 3.05) is 13.2 Å². The zero-order valence-electron chi connectivity index (χ0n) is 10.1. The van der Waals surface area contributed by atoms with Crippen LogP contribution in [0.5, 0.6) is 0 Å². The molecule has 1 aromatic rings. The summed E-state index contributed by atoms with van der Waals surface area (Å²) in [4.78, 5) is 15.2. The van der Waals surface area contributed by atoms with Crippen LogP contribution in [0, 0.1) is 0 Å². The van der Waals surface area contributed by atoms with Crippen LogP contribution >= 0.6 is 0 Å². The van der Waals surface area contributed by atoms with E-state index < -0.39 is 5.97 Å². The van der Waals surface area contributed by atoms with Crippen molar-refractivity contribution in [1.82, 2.24) is 0 Å². The van der Waals surface area contributed by atoms with Crippen molar-refractivity contribution < 1.29 is 14.6 Å². The maximum Gasteiger partial charge on any atom is 0.304 e. The van der Waals surface area contributed by atoms with E-state index in [1.54, 1.807) is 0 Å². The number of carboxylic acids is 1. The summed E-state index contributed by atoms with van der Waals surface area (Å²) in [6.07, 6.45) is 2.12. The van der Waals surface area contributed by atoms with Gasteiger partial charge < -0.3 is 9.84 Å². The summed E-state index contributed by atoms with van der Waals surface area (Å²) in [6, 6.07) is 7.95. The molecule has 0 amide bonds. The zero-order valence-corrected chi connectivity index (χ0v) is 10.1. The van der Waals surface area contributed by atoms with E-state index in [-0.39, 0.29) is 11.8 Å². The van der Waals surface area contributed by atoms with Crippen molar-refractivity contribution in [1.29, 1.82) is 0 Å². The third kappa shape index (κ3) is 1.98. The van der Waals surface area contributed by atoms with Crippen molar-refractivity contribution >= 4 is 11.9 Å². The molecular weight excluding hydrogens is 230 g/mol. The first kappa shape index (κ1) is 11.3. The third-order valence-electron chi connectivity index (χ3n) is 3.65. The number of carboxylic acid groups (broad SMARTS) is 1. The fourth-order valence-electron chi connectivity index (χ4n) is 2.50. The van der Waals surface area contributed by atoms with Gasteiger partial charge in [-0.05, 0) is 30.5 Å². The molecule has 18 heavy (non-hydrogen) atoms. The molecule has 0 aromatic heterocycles. The Morgan fingerprint density at radius 1 is 1.44 bits per heavy atom. The standard InChI is InChI=1S/C14H15NO3/c16-12(17)9-14(4-5-14)11-3-1-2-10(8-11)13-15-6-7-18-13/h1-3,8H,4-7,9H2,(H,16,17). The summed E-state index contributed by atoms with van der Waals surface area (Å²) in [5, 5.41) is 8.98. The molecule has 94 valence electrons. The van der Waals surface area contributed by atoms with Crippen LogP contribution in [-0.4, -0.2) is 30.1 Å². The normalized spacial score (nSPS) is 20.1. The summed E-state index contributed by atoms with van der Waals surface area (Å²) >= 11 is 0. The van der Waals surface area contributed by atoms with Gasteiger partial charge in [0.15, 0.2) is 0 Å². The second-order valence-electron chi connectivity index (χ2n) is 4.97. The Morgan fingerprint density at radius 2 is 2.28 bits per heavy atom. The summed E-state index contributed by atoms with van der Waals surface area (Å²) in [7, 11) is 0. The number of rotatable bonds is 4. The lowest BCUT2D eigenvalue weighted by Gasteiger charge is -2.14. The van der Waals surface area contributed by atoms with Gasteiger partial charge in [0.1, 0.15) is 6.61 Å². The minimum absolute atomic E-state index is 0.152. The number of carbonyl (C=O) groups is 1. The second kappa shape index (κ2) is 4.12. The lowest BCUT2D eigenvalue weighted by molar-refractivity contribution is -0.137. The van der Waals surface area contributed by atoms with Crippen molar-refractivity contribution in [3.05, 3.63) is 35.4 Å². The van der Waals surface area contributed by atoms with Gasteiger partial charge >= 0.3 is 5.97 Å². The van der Waals surface area contributed by atoms with Crippen molar-refractivity contribution in [2.24, 2.45) is 4.99 Å². The summed E-state index contributed by atoms with van der Waals surface area (Å²) in [5.41, 5.74) is 1.91. The highest BCUT2D eigenvalue weighted by Gasteiger charge is 2.46. The van der Waals surface area contributed by atoms with Crippen LogP contribution in [0.15, 0.2) is 29.3 Å². The van der Waals surface area contributed by atoms with Gasteiger partial charge in [0.25, 0.3) is 0 Å². The van der Waals surface area contributed by atoms with E-state index in [1.807, 2.05) is 24.3 Å². The van der Waals surface area contributed by atoms with Gasteiger partial charge in [-0.15, -0.1) is 0 Å². The van der Waals surface area contributed by atoms with E-state index in [2.05, 4.69) is 4.99 Å². The molecule has 1 aliphatic heterocycles. The van der Waals surface area contributed by atoms with E-state index in [1.165, 1.54) is 0 Å². The molecule has 1 saturated carbocycles. The zero-order chi connectivity index (χ0) is 12.6. The predicted molar refractivity (Wildman–Crippen MR) is 67.0 cm³/mol. The van der Waals surface area contributed by atoms with Crippen LogP contribution in [-0.2, 0) is 14.9 Å². The Balaban J connectivity index is 1.89. The third-order valence-corrected chi connectivity index (χ3v) is 3.65. The fraction of sp³-hybridized carbons (Fsp3) is 0.429. The number of aliphatic carboxylic acids is 1. The Morgan fingerprint density at radius 3 is 2.89 bits per heavy atom.